The van der Waals surface area contributed by atoms with Gasteiger partial charge in [-0.25, -0.2) is 0 Å². The van der Waals surface area contributed by atoms with Crippen LogP contribution in [0.2, 0.25) is 0 Å². The second-order valence-corrected chi connectivity index (χ2v) is 6.58. The summed E-state index contributed by atoms with van der Waals surface area (Å²) in [6.45, 7) is 0.137. The molecule has 0 saturated heterocycles. The molecule has 2 rings (SSSR count). The minimum Gasteiger partial charge on any atom is -0.352 e. The molecule has 1 aliphatic rings. The summed E-state index contributed by atoms with van der Waals surface area (Å²) in [6.07, 6.45) is 11.3. The molecule has 1 atom stereocenters. The molecule has 1 aromatic rings. The van der Waals surface area contributed by atoms with Crippen molar-refractivity contribution in [2.75, 3.05) is 6.26 Å². The summed E-state index contributed by atoms with van der Waals surface area (Å²) in [5, 5.41) is 10.9. The molecule has 0 aromatic carbocycles. The minimum atomic E-state index is -1.23. The van der Waals surface area contributed by atoms with Crippen molar-refractivity contribution < 1.29 is 9.00 Å². The summed E-state index contributed by atoms with van der Waals surface area (Å²) in [5.41, 5.74) is 0. The van der Waals surface area contributed by atoms with Crippen LogP contribution in [0.3, 0.4) is 0 Å². The van der Waals surface area contributed by atoms with Gasteiger partial charge in [0.25, 0.3) is 0 Å². The third-order valence-corrected chi connectivity index (χ3v) is 4.45. The molecule has 1 aliphatic carbocycles. The topological polar surface area (TPSA) is 76.9 Å². The van der Waals surface area contributed by atoms with Crippen LogP contribution in [0.25, 0.3) is 0 Å². The van der Waals surface area contributed by atoms with Crippen LogP contribution in [0.4, 0.5) is 0 Å². The third kappa shape index (κ3) is 4.40. The van der Waals surface area contributed by atoms with E-state index in [0.717, 1.165) is 12.8 Å². The standard InChI is InChI=1S/C13H22N4O2S/c1-20(19)13-16-14-10-17(13)9-12(18)15-11-7-5-3-2-4-6-8-11/h10-11H,2-9H2,1H3,(H,15,18)/t20-/m1/s1. The van der Waals surface area contributed by atoms with Crippen LogP contribution in [0.5, 0.6) is 0 Å². The number of carbonyl (C=O) groups is 1. The molecule has 1 aromatic heterocycles. The number of hydrogen-bond acceptors (Lipinski definition) is 4. The van der Waals surface area contributed by atoms with Gasteiger partial charge in [0, 0.05) is 12.3 Å². The summed E-state index contributed by atoms with van der Waals surface area (Å²) in [4.78, 5) is 12.1. The highest BCUT2D eigenvalue weighted by Gasteiger charge is 2.16. The molecule has 20 heavy (non-hydrogen) atoms. The quantitative estimate of drug-likeness (QED) is 0.907. The number of aromatic nitrogens is 3. The molecule has 1 N–H and O–H groups in total. The SMILES string of the molecule is C[S@@](=O)c1nncn1CC(=O)NC1CCCCCCC1. The van der Waals surface area contributed by atoms with Crippen molar-refractivity contribution in [3.8, 4) is 0 Å². The highest BCUT2D eigenvalue weighted by Crippen LogP contribution is 2.17. The molecule has 6 nitrogen and oxygen atoms in total. The Morgan fingerprint density at radius 3 is 2.65 bits per heavy atom. The third-order valence-electron chi connectivity index (χ3n) is 3.62. The Morgan fingerprint density at radius 2 is 2.00 bits per heavy atom. The number of amides is 1. The molecule has 1 saturated carbocycles. The minimum absolute atomic E-state index is 0.0536. The lowest BCUT2D eigenvalue weighted by Gasteiger charge is -2.21. The Balaban J connectivity index is 1.87. The van der Waals surface area contributed by atoms with E-state index in [1.807, 2.05) is 0 Å². The van der Waals surface area contributed by atoms with E-state index in [0.29, 0.717) is 5.16 Å². The van der Waals surface area contributed by atoms with Crippen LogP contribution in [0.1, 0.15) is 44.9 Å². The van der Waals surface area contributed by atoms with E-state index in [2.05, 4.69) is 15.5 Å². The molecule has 7 heteroatoms. The van der Waals surface area contributed by atoms with Crippen LogP contribution in [0.15, 0.2) is 11.5 Å². The molecule has 0 radical (unpaired) electrons. The first-order valence-corrected chi connectivity index (χ1v) is 8.73. The zero-order chi connectivity index (χ0) is 14.4. The van der Waals surface area contributed by atoms with Gasteiger partial charge in [-0.2, -0.15) is 0 Å². The molecule has 0 aliphatic heterocycles. The van der Waals surface area contributed by atoms with Gasteiger partial charge in [-0.15, -0.1) is 10.2 Å². The van der Waals surface area contributed by atoms with Crippen LogP contribution in [-0.2, 0) is 22.1 Å². The Hall–Kier alpha value is -1.24. The Labute approximate surface area is 121 Å². The molecule has 0 bridgehead atoms. The van der Waals surface area contributed by atoms with Crippen molar-refractivity contribution in [3.05, 3.63) is 6.33 Å². The average molecular weight is 298 g/mol. The van der Waals surface area contributed by atoms with Crippen LogP contribution >= 0.6 is 0 Å². The van der Waals surface area contributed by atoms with Crippen molar-refractivity contribution in [2.45, 2.75) is 62.7 Å². The number of rotatable bonds is 4. The second-order valence-electron chi connectivity index (χ2n) is 5.31. The maximum absolute atomic E-state index is 12.1. The van der Waals surface area contributed by atoms with Gasteiger partial charge in [0.15, 0.2) is 0 Å². The predicted octanol–water partition coefficient (Wildman–Crippen LogP) is 1.24. The Bertz CT molecular complexity index is 467. The smallest absolute Gasteiger partial charge is 0.240 e. The maximum Gasteiger partial charge on any atom is 0.240 e. The van der Waals surface area contributed by atoms with E-state index < -0.39 is 10.8 Å². The molecule has 1 amide bonds. The van der Waals surface area contributed by atoms with Crippen LogP contribution in [-0.4, -0.2) is 37.2 Å². The summed E-state index contributed by atoms with van der Waals surface area (Å²) >= 11 is 0. The lowest BCUT2D eigenvalue weighted by atomic mass is 9.97. The molecule has 0 unspecified atom stereocenters. The molecule has 1 heterocycles. The highest BCUT2D eigenvalue weighted by molar-refractivity contribution is 7.84. The second kappa shape index (κ2) is 7.52. The lowest BCUT2D eigenvalue weighted by Crippen LogP contribution is -2.37. The number of nitrogens with one attached hydrogen (secondary N) is 1. The fraction of sp³-hybridized carbons (Fsp3) is 0.769. The van der Waals surface area contributed by atoms with E-state index >= 15 is 0 Å². The Kier molecular flexibility index (Phi) is 5.70. The van der Waals surface area contributed by atoms with Crippen molar-refractivity contribution in [3.63, 3.8) is 0 Å². The van der Waals surface area contributed by atoms with E-state index in [-0.39, 0.29) is 18.5 Å². The summed E-state index contributed by atoms with van der Waals surface area (Å²) in [5.74, 6) is -0.0536. The molecule has 0 spiro atoms. The van der Waals surface area contributed by atoms with Crippen molar-refractivity contribution >= 4 is 16.7 Å². The monoisotopic (exact) mass is 298 g/mol. The lowest BCUT2D eigenvalue weighted by molar-refractivity contribution is -0.122. The highest BCUT2D eigenvalue weighted by atomic mass is 32.2. The summed E-state index contributed by atoms with van der Waals surface area (Å²) < 4.78 is 13.0. The fourth-order valence-electron chi connectivity index (χ4n) is 2.60. The van der Waals surface area contributed by atoms with Gasteiger partial charge in [-0.1, -0.05) is 32.1 Å². The zero-order valence-electron chi connectivity index (χ0n) is 11.9. The van der Waals surface area contributed by atoms with Gasteiger partial charge in [0.2, 0.25) is 11.1 Å². The average Bonchev–Trinajstić information content (AvgIpc) is 2.80. The van der Waals surface area contributed by atoms with Crippen molar-refractivity contribution in [1.29, 1.82) is 0 Å². The Morgan fingerprint density at radius 1 is 1.35 bits per heavy atom. The normalized spacial score (nSPS) is 19.1. The van der Waals surface area contributed by atoms with E-state index in [1.165, 1.54) is 44.7 Å². The van der Waals surface area contributed by atoms with E-state index in [4.69, 9.17) is 0 Å². The molecular weight excluding hydrogens is 276 g/mol. The number of nitrogens with zero attached hydrogens (tertiary/aromatic N) is 3. The zero-order valence-corrected chi connectivity index (χ0v) is 12.7. The van der Waals surface area contributed by atoms with Gasteiger partial charge >= 0.3 is 0 Å². The molecule has 112 valence electrons. The van der Waals surface area contributed by atoms with Crippen molar-refractivity contribution in [1.82, 2.24) is 20.1 Å². The van der Waals surface area contributed by atoms with Crippen LogP contribution < -0.4 is 5.32 Å². The molecular formula is C13H22N4O2S. The van der Waals surface area contributed by atoms with Crippen LogP contribution in [0, 0.1) is 0 Å². The number of hydrogen-bond donors (Lipinski definition) is 1. The van der Waals surface area contributed by atoms with Gasteiger partial charge < -0.3 is 5.32 Å². The van der Waals surface area contributed by atoms with Gasteiger partial charge in [-0.3, -0.25) is 13.6 Å². The van der Waals surface area contributed by atoms with Gasteiger partial charge in [0.1, 0.15) is 12.9 Å². The van der Waals surface area contributed by atoms with Gasteiger partial charge in [0.05, 0.1) is 10.8 Å². The van der Waals surface area contributed by atoms with E-state index in [1.54, 1.807) is 4.57 Å². The molecule has 1 fully saturated rings. The van der Waals surface area contributed by atoms with Crippen molar-refractivity contribution in [2.24, 2.45) is 0 Å². The first-order valence-electron chi connectivity index (χ1n) is 7.17. The summed E-state index contributed by atoms with van der Waals surface area (Å²) in [7, 11) is -1.23. The largest absolute Gasteiger partial charge is 0.352 e. The summed E-state index contributed by atoms with van der Waals surface area (Å²) in [6, 6.07) is 0.273. The predicted molar refractivity (Wildman–Crippen MR) is 76.6 cm³/mol. The van der Waals surface area contributed by atoms with Gasteiger partial charge in [-0.05, 0) is 12.8 Å². The fourth-order valence-corrected chi connectivity index (χ4v) is 3.21. The first-order chi connectivity index (χ1) is 9.66. The number of carbonyl (C=O) groups excluding carboxylic acids is 1. The van der Waals surface area contributed by atoms with E-state index in [9.17, 15) is 9.00 Å². The maximum atomic E-state index is 12.1. The first kappa shape index (κ1) is 15.2.